The van der Waals surface area contributed by atoms with Gasteiger partial charge in [-0.05, 0) is 55.3 Å². The largest absolute Gasteiger partial charge is 0.467 e. The number of hydrogen-bond donors (Lipinski definition) is 0. The molecule has 0 aromatic heterocycles. The number of hydrogen-bond acceptors (Lipinski definition) is 2. The molecule has 0 amide bonds. The highest BCUT2D eigenvalue weighted by Gasteiger charge is 2.30. The summed E-state index contributed by atoms with van der Waals surface area (Å²) in [5.74, 6) is 0.939. The molecule has 0 aliphatic heterocycles. The monoisotopic (exact) mass is 390 g/mol. The number of aryl methyl sites for hydroxylation is 1. The van der Waals surface area contributed by atoms with Crippen LogP contribution in [0.2, 0.25) is 0 Å². The smallest absolute Gasteiger partial charge is 0.188 e. The van der Waals surface area contributed by atoms with Gasteiger partial charge >= 0.3 is 0 Å². The van der Waals surface area contributed by atoms with Crippen LogP contribution in [-0.2, 0) is 16.1 Å². The lowest BCUT2D eigenvalue weighted by Crippen LogP contribution is -2.22. The van der Waals surface area contributed by atoms with Gasteiger partial charge in [-0.15, -0.1) is 7.92 Å². The van der Waals surface area contributed by atoms with Crippen molar-refractivity contribution >= 4 is 21.8 Å². The molecule has 0 aliphatic carbocycles. The molecule has 0 saturated carbocycles. The van der Waals surface area contributed by atoms with Crippen molar-refractivity contribution in [1.29, 1.82) is 0 Å². The van der Waals surface area contributed by atoms with Crippen LogP contribution in [0.1, 0.15) is 37.0 Å². The maximum Gasteiger partial charge on any atom is 0.188 e. The summed E-state index contributed by atoms with van der Waals surface area (Å²) in [6.45, 7) is 11.9. The highest BCUT2D eigenvalue weighted by Crippen LogP contribution is 2.48. The Bertz CT molecular complexity index is 715. The molecule has 0 N–H and O–H groups in total. The molecule has 2 nitrogen and oxygen atoms in total. The van der Waals surface area contributed by atoms with E-state index in [0.717, 1.165) is 12.2 Å². The Labute approximate surface area is 162 Å². The van der Waals surface area contributed by atoms with Crippen molar-refractivity contribution in [2.45, 2.75) is 38.5 Å². The summed E-state index contributed by atoms with van der Waals surface area (Å²) in [6, 6.07) is 15.2. The molecule has 2 atom stereocenters. The summed E-state index contributed by atoms with van der Waals surface area (Å²) in [7, 11) is 2.42. The third kappa shape index (κ3) is 5.29. The van der Waals surface area contributed by atoms with E-state index >= 15 is 0 Å². The first kappa shape index (κ1) is 21.4. The van der Waals surface area contributed by atoms with Gasteiger partial charge in [0.2, 0.25) is 0 Å². The first-order valence-corrected chi connectivity index (χ1v) is 12.6. The van der Waals surface area contributed by atoms with Crippen molar-refractivity contribution in [1.82, 2.24) is 0 Å². The van der Waals surface area contributed by atoms with Crippen LogP contribution in [0.4, 0.5) is 0 Å². The molecule has 4 heteroatoms. The van der Waals surface area contributed by atoms with Crippen LogP contribution in [0.3, 0.4) is 0 Å². The standard InChI is InChI=1S/C22H32O2P2/c1-7-22(3,19-13-8-9-14-20(19)24-16-23-4)25-21-17(2)11-10-12-18(21)15-26(5)6/h8-14,25H,7,15-16H2,1-6H3. The van der Waals surface area contributed by atoms with Gasteiger partial charge in [0, 0.05) is 17.8 Å². The molecule has 2 aromatic rings. The van der Waals surface area contributed by atoms with E-state index in [4.69, 9.17) is 9.47 Å². The normalized spacial score (nSPS) is 14.1. The molecular weight excluding hydrogens is 358 g/mol. The van der Waals surface area contributed by atoms with Gasteiger partial charge in [-0.3, -0.25) is 0 Å². The lowest BCUT2D eigenvalue weighted by molar-refractivity contribution is 0.0500. The molecule has 2 rings (SSSR count). The Hall–Kier alpha value is -0.940. The van der Waals surface area contributed by atoms with Crippen LogP contribution >= 0.6 is 16.5 Å². The van der Waals surface area contributed by atoms with Crippen LogP contribution in [0, 0.1) is 6.92 Å². The predicted molar refractivity (Wildman–Crippen MR) is 118 cm³/mol. The Morgan fingerprint density at radius 1 is 1.08 bits per heavy atom. The molecular formula is C22H32O2P2. The average molecular weight is 390 g/mol. The van der Waals surface area contributed by atoms with Crippen LogP contribution in [0.15, 0.2) is 42.5 Å². The minimum atomic E-state index is 0.0435. The van der Waals surface area contributed by atoms with Crippen molar-refractivity contribution in [3.63, 3.8) is 0 Å². The summed E-state index contributed by atoms with van der Waals surface area (Å²) in [5, 5.41) is 1.59. The summed E-state index contributed by atoms with van der Waals surface area (Å²) in [6.07, 6.45) is 2.26. The Morgan fingerprint density at radius 3 is 2.46 bits per heavy atom. The Morgan fingerprint density at radius 2 is 1.81 bits per heavy atom. The lowest BCUT2D eigenvalue weighted by atomic mass is 9.96. The van der Waals surface area contributed by atoms with E-state index < -0.39 is 0 Å². The molecule has 2 unspecified atom stereocenters. The van der Waals surface area contributed by atoms with Gasteiger partial charge in [0.15, 0.2) is 6.79 Å². The predicted octanol–water partition coefficient (Wildman–Crippen LogP) is 5.85. The van der Waals surface area contributed by atoms with E-state index in [0.29, 0.717) is 8.58 Å². The molecule has 2 aromatic carbocycles. The first-order chi connectivity index (χ1) is 12.4. The summed E-state index contributed by atoms with van der Waals surface area (Å²) in [5.41, 5.74) is 4.21. The van der Waals surface area contributed by atoms with E-state index in [1.54, 1.807) is 7.11 Å². The van der Waals surface area contributed by atoms with Crippen molar-refractivity contribution in [2.75, 3.05) is 27.2 Å². The fourth-order valence-corrected chi connectivity index (χ4v) is 5.95. The molecule has 0 aliphatic rings. The summed E-state index contributed by atoms with van der Waals surface area (Å²) in [4.78, 5) is 0. The Kier molecular flexibility index (Phi) is 8.08. The average Bonchev–Trinajstić information content (AvgIpc) is 2.62. The SMILES string of the molecule is CCC(C)(Pc1c(C)cccc1CP(C)C)c1ccccc1OCOC. The number of methoxy groups -OCH3 is 1. The fraction of sp³-hybridized carbons (Fsp3) is 0.455. The number of ether oxygens (including phenoxy) is 2. The highest BCUT2D eigenvalue weighted by atomic mass is 31.1. The van der Waals surface area contributed by atoms with Gasteiger partial charge in [0.1, 0.15) is 5.75 Å². The molecule has 0 heterocycles. The zero-order chi connectivity index (χ0) is 19.2. The van der Waals surface area contributed by atoms with Crippen molar-refractivity contribution < 1.29 is 9.47 Å². The van der Waals surface area contributed by atoms with Crippen LogP contribution < -0.4 is 10.0 Å². The van der Waals surface area contributed by atoms with Gasteiger partial charge < -0.3 is 9.47 Å². The van der Waals surface area contributed by atoms with E-state index in [-0.39, 0.29) is 19.9 Å². The molecule has 0 radical (unpaired) electrons. The minimum Gasteiger partial charge on any atom is -0.467 e. The molecule has 0 fully saturated rings. The van der Waals surface area contributed by atoms with E-state index in [1.165, 1.54) is 28.2 Å². The second-order valence-corrected chi connectivity index (χ2v) is 11.5. The summed E-state index contributed by atoms with van der Waals surface area (Å²) < 4.78 is 11.0. The van der Waals surface area contributed by atoms with E-state index in [2.05, 4.69) is 70.5 Å². The van der Waals surface area contributed by atoms with Gasteiger partial charge in [-0.1, -0.05) is 58.8 Å². The minimum absolute atomic E-state index is 0.0435. The van der Waals surface area contributed by atoms with Gasteiger partial charge in [0.05, 0.1) is 0 Å². The molecule has 0 saturated heterocycles. The quantitative estimate of drug-likeness (QED) is 0.395. The van der Waals surface area contributed by atoms with Gasteiger partial charge in [-0.2, -0.15) is 0 Å². The van der Waals surface area contributed by atoms with E-state index in [1.807, 2.05) is 6.07 Å². The second kappa shape index (κ2) is 9.84. The number of rotatable bonds is 9. The highest BCUT2D eigenvalue weighted by molar-refractivity contribution is 7.55. The second-order valence-electron chi connectivity index (χ2n) is 7.20. The zero-order valence-electron chi connectivity index (χ0n) is 16.9. The number of para-hydroxylation sites is 1. The third-order valence-electron chi connectivity index (χ3n) is 4.77. The fourth-order valence-electron chi connectivity index (χ4n) is 3.17. The van der Waals surface area contributed by atoms with Crippen LogP contribution in [0.25, 0.3) is 0 Å². The third-order valence-corrected chi connectivity index (χ3v) is 7.88. The van der Waals surface area contributed by atoms with Gasteiger partial charge in [0.25, 0.3) is 0 Å². The van der Waals surface area contributed by atoms with Crippen molar-refractivity contribution in [2.24, 2.45) is 0 Å². The van der Waals surface area contributed by atoms with Gasteiger partial charge in [-0.25, -0.2) is 0 Å². The first-order valence-electron chi connectivity index (χ1n) is 9.14. The maximum atomic E-state index is 5.88. The maximum absolute atomic E-state index is 5.88. The molecule has 0 spiro atoms. The van der Waals surface area contributed by atoms with Crippen molar-refractivity contribution in [3.05, 3.63) is 59.2 Å². The van der Waals surface area contributed by atoms with Crippen LogP contribution in [0.5, 0.6) is 5.75 Å². The topological polar surface area (TPSA) is 18.5 Å². The molecule has 26 heavy (non-hydrogen) atoms. The Balaban J connectivity index is 2.43. The molecule has 0 bridgehead atoms. The lowest BCUT2D eigenvalue weighted by Gasteiger charge is -2.32. The van der Waals surface area contributed by atoms with Crippen molar-refractivity contribution in [3.8, 4) is 5.75 Å². The molecule has 142 valence electrons. The zero-order valence-corrected chi connectivity index (χ0v) is 18.8. The summed E-state index contributed by atoms with van der Waals surface area (Å²) >= 11 is 0. The van der Waals surface area contributed by atoms with E-state index in [9.17, 15) is 0 Å². The number of benzene rings is 2. The van der Waals surface area contributed by atoms with Crippen LogP contribution in [-0.4, -0.2) is 27.2 Å².